The summed E-state index contributed by atoms with van der Waals surface area (Å²) in [7, 11) is -1.89. The Kier molecular flexibility index (Phi) is 6.68. The standard InChI is InChI=1S/C28H34O3Si/c1-27(2,3)26(21-16-17-22-19-29-28(4,5)30-20-23(22)18-21)31-32(24-12-8-6-9-13-24)25-14-10-7-11-15-25/h6-18,26,32H,19-20H2,1-5H3. The molecule has 168 valence electrons. The molecule has 0 fully saturated rings. The molecule has 3 nitrogen and oxygen atoms in total. The molecule has 0 aliphatic carbocycles. The van der Waals surface area contributed by atoms with Gasteiger partial charge in [-0.25, -0.2) is 0 Å². The normalized spacial score (nSPS) is 16.9. The van der Waals surface area contributed by atoms with E-state index in [-0.39, 0.29) is 11.5 Å². The minimum absolute atomic E-state index is 0.0398. The van der Waals surface area contributed by atoms with Crippen LogP contribution in [0.1, 0.15) is 57.4 Å². The van der Waals surface area contributed by atoms with Gasteiger partial charge in [-0.05, 0) is 46.3 Å². The molecule has 1 aliphatic rings. The number of benzene rings is 3. The second kappa shape index (κ2) is 9.32. The second-order valence-corrected chi connectivity index (χ2v) is 12.5. The maximum atomic E-state index is 7.10. The molecule has 1 unspecified atom stereocenters. The molecule has 4 heteroatoms. The minimum atomic E-state index is -1.89. The van der Waals surface area contributed by atoms with Crippen LogP contribution in [-0.2, 0) is 27.1 Å². The van der Waals surface area contributed by atoms with E-state index in [9.17, 15) is 0 Å². The van der Waals surface area contributed by atoms with Gasteiger partial charge in [0.05, 0.1) is 19.3 Å². The van der Waals surface area contributed by atoms with Crippen LogP contribution in [-0.4, -0.2) is 14.8 Å². The quantitative estimate of drug-likeness (QED) is 0.510. The van der Waals surface area contributed by atoms with Crippen molar-refractivity contribution < 1.29 is 13.9 Å². The Labute approximate surface area is 194 Å². The Morgan fingerprint density at radius 2 is 1.31 bits per heavy atom. The van der Waals surface area contributed by atoms with Gasteiger partial charge in [-0.3, -0.25) is 0 Å². The molecule has 0 aromatic heterocycles. The minimum Gasteiger partial charge on any atom is -0.403 e. The van der Waals surface area contributed by atoms with E-state index in [1.54, 1.807) is 0 Å². The predicted octanol–water partition coefficient (Wildman–Crippen LogP) is 5.11. The lowest BCUT2D eigenvalue weighted by Gasteiger charge is -2.35. The van der Waals surface area contributed by atoms with E-state index in [2.05, 4.69) is 99.6 Å². The Bertz CT molecular complexity index is 986. The summed E-state index contributed by atoms with van der Waals surface area (Å²) in [6, 6.07) is 28.0. The van der Waals surface area contributed by atoms with Gasteiger partial charge >= 0.3 is 0 Å². The maximum Gasteiger partial charge on any atom is 0.240 e. The van der Waals surface area contributed by atoms with Gasteiger partial charge in [0.2, 0.25) is 9.04 Å². The average Bonchev–Trinajstić information content (AvgIpc) is 2.92. The lowest BCUT2D eigenvalue weighted by atomic mass is 9.84. The molecule has 0 saturated heterocycles. The van der Waals surface area contributed by atoms with Crippen LogP contribution in [0.2, 0.25) is 0 Å². The zero-order valence-electron chi connectivity index (χ0n) is 19.8. The van der Waals surface area contributed by atoms with Crippen LogP contribution in [0.4, 0.5) is 0 Å². The number of hydrogen-bond acceptors (Lipinski definition) is 3. The first-order chi connectivity index (χ1) is 15.2. The molecule has 1 atom stereocenters. The summed E-state index contributed by atoms with van der Waals surface area (Å²) in [5.41, 5.74) is 3.50. The summed E-state index contributed by atoms with van der Waals surface area (Å²) in [4.78, 5) is 0. The van der Waals surface area contributed by atoms with Crippen molar-refractivity contribution in [1.82, 2.24) is 0 Å². The van der Waals surface area contributed by atoms with Crippen molar-refractivity contribution in [2.75, 3.05) is 0 Å². The molecule has 0 N–H and O–H groups in total. The highest BCUT2D eigenvalue weighted by atomic mass is 28.3. The first-order valence-corrected chi connectivity index (χ1v) is 13.0. The highest BCUT2D eigenvalue weighted by Crippen LogP contribution is 2.38. The van der Waals surface area contributed by atoms with E-state index in [0.29, 0.717) is 13.2 Å². The van der Waals surface area contributed by atoms with Crippen LogP contribution in [0.3, 0.4) is 0 Å². The highest BCUT2D eigenvalue weighted by Gasteiger charge is 2.33. The molecule has 3 aromatic carbocycles. The Morgan fingerprint density at radius 1 is 0.781 bits per heavy atom. The molecule has 0 saturated carbocycles. The van der Waals surface area contributed by atoms with Crippen LogP contribution < -0.4 is 10.4 Å². The number of hydrogen-bond donors (Lipinski definition) is 0. The van der Waals surface area contributed by atoms with Crippen molar-refractivity contribution in [3.63, 3.8) is 0 Å². The van der Waals surface area contributed by atoms with Crippen LogP contribution >= 0.6 is 0 Å². The number of rotatable bonds is 5. The lowest BCUT2D eigenvalue weighted by Crippen LogP contribution is -2.47. The molecule has 1 aliphatic heterocycles. The summed E-state index contributed by atoms with van der Waals surface area (Å²) in [5, 5.41) is 2.59. The maximum absolute atomic E-state index is 7.10. The zero-order chi connectivity index (χ0) is 22.8. The first kappa shape index (κ1) is 22.9. The fourth-order valence-electron chi connectivity index (χ4n) is 4.15. The molecule has 4 rings (SSSR count). The summed E-state index contributed by atoms with van der Waals surface area (Å²) >= 11 is 0. The molecular weight excluding hydrogens is 412 g/mol. The van der Waals surface area contributed by atoms with Crippen LogP contribution in [0.25, 0.3) is 0 Å². The van der Waals surface area contributed by atoms with Crippen molar-refractivity contribution >= 4 is 19.4 Å². The van der Waals surface area contributed by atoms with Gasteiger partial charge in [-0.2, -0.15) is 0 Å². The van der Waals surface area contributed by atoms with Gasteiger partial charge in [0.25, 0.3) is 0 Å². The van der Waals surface area contributed by atoms with Crippen molar-refractivity contribution in [2.24, 2.45) is 5.41 Å². The first-order valence-electron chi connectivity index (χ1n) is 11.4. The second-order valence-electron chi connectivity index (χ2n) is 10.1. The van der Waals surface area contributed by atoms with E-state index >= 15 is 0 Å². The van der Waals surface area contributed by atoms with Gasteiger partial charge < -0.3 is 13.9 Å². The third-order valence-corrected chi connectivity index (χ3v) is 8.47. The molecule has 32 heavy (non-hydrogen) atoms. The number of ether oxygens (including phenoxy) is 2. The predicted molar refractivity (Wildman–Crippen MR) is 133 cm³/mol. The van der Waals surface area contributed by atoms with Gasteiger partial charge in [0.15, 0.2) is 5.79 Å². The third kappa shape index (κ3) is 5.38. The largest absolute Gasteiger partial charge is 0.403 e. The van der Waals surface area contributed by atoms with Crippen molar-refractivity contribution in [3.05, 3.63) is 95.6 Å². The fourth-order valence-corrected chi connectivity index (χ4v) is 6.83. The van der Waals surface area contributed by atoms with Gasteiger partial charge in [-0.1, -0.05) is 99.6 Å². The van der Waals surface area contributed by atoms with Crippen LogP contribution in [0.15, 0.2) is 78.9 Å². The molecule has 0 bridgehead atoms. The summed E-state index contributed by atoms with van der Waals surface area (Å²) < 4.78 is 19.0. The Hall–Kier alpha value is -2.24. The summed E-state index contributed by atoms with van der Waals surface area (Å²) in [6.45, 7) is 11.8. The molecule has 3 aromatic rings. The van der Waals surface area contributed by atoms with Crippen molar-refractivity contribution in [2.45, 2.75) is 59.7 Å². The van der Waals surface area contributed by atoms with Gasteiger partial charge in [-0.15, -0.1) is 0 Å². The fraction of sp³-hybridized carbons (Fsp3) is 0.357. The molecule has 0 radical (unpaired) electrons. The Morgan fingerprint density at radius 3 is 1.84 bits per heavy atom. The van der Waals surface area contributed by atoms with Gasteiger partial charge in [0, 0.05) is 0 Å². The smallest absolute Gasteiger partial charge is 0.240 e. The van der Waals surface area contributed by atoms with Crippen LogP contribution in [0, 0.1) is 5.41 Å². The lowest BCUT2D eigenvalue weighted by molar-refractivity contribution is -0.219. The SMILES string of the molecule is CC1(C)OCc2ccc(C(O[SiH](c3ccccc3)c3ccccc3)C(C)(C)C)cc2CO1. The van der Waals surface area contributed by atoms with E-state index in [1.807, 2.05) is 13.8 Å². The monoisotopic (exact) mass is 446 g/mol. The Balaban J connectivity index is 1.71. The highest BCUT2D eigenvalue weighted by molar-refractivity contribution is 6.80. The van der Waals surface area contributed by atoms with E-state index in [4.69, 9.17) is 13.9 Å². The van der Waals surface area contributed by atoms with Crippen molar-refractivity contribution in [3.8, 4) is 0 Å². The zero-order valence-corrected chi connectivity index (χ0v) is 21.0. The summed E-state index contributed by atoms with van der Waals surface area (Å²) in [6.07, 6.45) is -0.0398. The van der Waals surface area contributed by atoms with Crippen molar-refractivity contribution in [1.29, 1.82) is 0 Å². The average molecular weight is 447 g/mol. The van der Waals surface area contributed by atoms with E-state index in [0.717, 1.165) is 0 Å². The van der Waals surface area contributed by atoms with Crippen LogP contribution in [0.5, 0.6) is 0 Å². The third-order valence-electron chi connectivity index (χ3n) is 5.95. The van der Waals surface area contributed by atoms with E-state index < -0.39 is 14.8 Å². The van der Waals surface area contributed by atoms with E-state index in [1.165, 1.54) is 27.1 Å². The molecular formula is C28H34O3Si. The number of fused-ring (bicyclic) bond motifs is 1. The molecule has 0 amide bonds. The topological polar surface area (TPSA) is 27.7 Å². The molecule has 0 spiro atoms. The summed E-state index contributed by atoms with van der Waals surface area (Å²) in [5.74, 6) is -0.572. The molecule has 1 heterocycles. The van der Waals surface area contributed by atoms with Gasteiger partial charge in [0.1, 0.15) is 0 Å².